The number of terminal acetylenes is 1. The highest BCUT2D eigenvalue weighted by atomic mass is 19.2. The second kappa shape index (κ2) is 4.61. The summed E-state index contributed by atoms with van der Waals surface area (Å²) in [4.78, 5) is 0. The topological polar surface area (TPSA) is 12.0 Å². The molecule has 0 saturated heterocycles. The lowest BCUT2D eigenvalue weighted by Gasteiger charge is -2.12. The zero-order valence-electron chi connectivity index (χ0n) is 7.85. The van der Waals surface area contributed by atoms with Gasteiger partial charge < -0.3 is 5.32 Å². The van der Waals surface area contributed by atoms with Crippen molar-refractivity contribution in [2.75, 3.05) is 5.32 Å². The van der Waals surface area contributed by atoms with Crippen LogP contribution in [0.15, 0.2) is 18.2 Å². The van der Waals surface area contributed by atoms with E-state index in [-0.39, 0.29) is 11.7 Å². The van der Waals surface area contributed by atoms with Gasteiger partial charge in [0.05, 0.1) is 11.7 Å². The fourth-order valence-electron chi connectivity index (χ4n) is 1.06. The molecule has 0 amide bonds. The molecule has 0 radical (unpaired) electrons. The Morgan fingerprint density at radius 1 is 1.50 bits per heavy atom. The van der Waals surface area contributed by atoms with E-state index in [1.807, 2.05) is 6.92 Å². The minimum absolute atomic E-state index is 0.106. The molecule has 1 unspecified atom stereocenters. The predicted octanol–water partition coefficient (Wildman–Crippen LogP) is 2.79. The lowest BCUT2D eigenvalue weighted by molar-refractivity contribution is 0.510. The average Bonchev–Trinajstić information content (AvgIpc) is 2.20. The van der Waals surface area contributed by atoms with Gasteiger partial charge >= 0.3 is 0 Å². The normalized spacial score (nSPS) is 11.9. The molecule has 1 rings (SSSR count). The van der Waals surface area contributed by atoms with E-state index in [1.165, 1.54) is 12.1 Å². The van der Waals surface area contributed by atoms with Crippen LogP contribution in [0.4, 0.5) is 14.5 Å². The molecule has 1 aromatic carbocycles. The largest absolute Gasteiger partial charge is 0.369 e. The summed E-state index contributed by atoms with van der Waals surface area (Å²) in [6.07, 6.45) is 5.85. The highest BCUT2D eigenvalue weighted by Crippen LogP contribution is 2.17. The Hall–Kier alpha value is -1.56. The van der Waals surface area contributed by atoms with E-state index >= 15 is 0 Å². The third-order valence-corrected chi connectivity index (χ3v) is 1.89. The lowest BCUT2D eigenvalue weighted by atomic mass is 10.2. The quantitative estimate of drug-likeness (QED) is 0.731. The van der Waals surface area contributed by atoms with Crippen LogP contribution in [0, 0.1) is 24.0 Å². The Balaban J connectivity index is 2.87. The van der Waals surface area contributed by atoms with E-state index in [0.717, 1.165) is 6.07 Å². The Kier molecular flexibility index (Phi) is 3.47. The van der Waals surface area contributed by atoms with Gasteiger partial charge in [-0.25, -0.2) is 8.78 Å². The molecule has 1 N–H and O–H groups in total. The number of hydrogen-bond donors (Lipinski definition) is 1. The zero-order chi connectivity index (χ0) is 10.6. The maximum atomic E-state index is 13.1. The molecule has 0 spiro atoms. The molecular formula is C11H11F2N. The molecule has 0 saturated carbocycles. The molecule has 1 aromatic rings. The lowest BCUT2D eigenvalue weighted by Crippen LogP contribution is -2.16. The van der Waals surface area contributed by atoms with Gasteiger partial charge in [0.1, 0.15) is 0 Å². The summed E-state index contributed by atoms with van der Waals surface area (Å²) in [6.45, 7) is 1.87. The molecule has 0 aromatic heterocycles. The summed E-state index contributed by atoms with van der Waals surface area (Å²) in [6, 6.07) is 3.69. The summed E-state index contributed by atoms with van der Waals surface area (Å²) in [7, 11) is 0. The molecule has 1 nitrogen and oxygen atoms in total. The van der Waals surface area contributed by atoms with Gasteiger partial charge in [-0.1, -0.05) is 18.9 Å². The monoisotopic (exact) mass is 195 g/mol. The third kappa shape index (κ3) is 2.23. The van der Waals surface area contributed by atoms with E-state index in [2.05, 4.69) is 11.2 Å². The molecule has 0 bridgehead atoms. The van der Waals surface area contributed by atoms with Gasteiger partial charge in [-0.05, 0) is 18.6 Å². The first kappa shape index (κ1) is 10.5. The fraction of sp³-hybridized carbons (Fsp3) is 0.273. The smallest absolute Gasteiger partial charge is 0.181 e. The van der Waals surface area contributed by atoms with Gasteiger partial charge in [0.2, 0.25) is 0 Å². The van der Waals surface area contributed by atoms with Gasteiger partial charge in [0.25, 0.3) is 0 Å². The molecule has 1 atom stereocenters. The minimum Gasteiger partial charge on any atom is -0.369 e. The molecule has 74 valence electrons. The molecule has 0 aliphatic rings. The SMILES string of the molecule is C#CC(CC)Nc1cccc(F)c1F. The Morgan fingerprint density at radius 2 is 2.21 bits per heavy atom. The number of halogens is 2. The van der Waals surface area contributed by atoms with Crippen molar-refractivity contribution in [1.82, 2.24) is 0 Å². The number of benzene rings is 1. The highest BCUT2D eigenvalue weighted by Gasteiger charge is 2.09. The second-order valence-corrected chi connectivity index (χ2v) is 2.87. The van der Waals surface area contributed by atoms with Crippen molar-refractivity contribution in [3.8, 4) is 12.3 Å². The van der Waals surface area contributed by atoms with Crippen LogP contribution in [0.1, 0.15) is 13.3 Å². The maximum Gasteiger partial charge on any atom is 0.181 e. The van der Waals surface area contributed by atoms with Gasteiger partial charge in [0.15, 0.2) is 11.6 Å². The van der Waals surface area contributed by atoms with E-state index in [9.17, 15) is 8.78 Å². The maximum absolute atomic E-state index is 13.1. The Morgan fingerprint density at radius 3 is 2.79 bits per heavy atom. The molecule has 0 fully saturated rings. The molecule has 0 aliphatic carbocycles. The van der Waals surface area contributed by atoms with Crippen molar-refractivity contribution in [3.63, 3.8) is 0 Å². The molecule has 14 heavy (non-hydrogen) atoms. The van der Waals surface area contributed by atoms with E-state index in [0.29, 0.717) is 6.42 Å². The highest BCUT2D eigenvalue weighted by molar-refractivity contribution is 5.47. The van der Waals surface area contributed by atoms with Crippen molar-refractivity contribution < 1.29 is 8.78 Å². The first-order valence-corrected chi connectivity index (χ1v) is 4.35. The van der Waals surface area contributed by atoms with Crippen molar-refractivity contribution >= 4 is 5.69 Å². The standard InChI is InChI=1S/C11H11F2N/c1-3-8(4-2)14-10-7-5-6-9(12)11(10)13/h1,5-8,14H,4H2,2H3. The van der Waals surface area contributed by atoms with Crippen LogP contribution in [-0.2, 0) is 0 Å². The van der Waals surface area contributed by atoms with Crippen molar-refractivity contribution in [1.29, 1.82) is 0 Å². The van der Waals surface area contributed by atoms with Crippen molar-refractivity contribution in [2.24, 2.45) is 0 Å². The number of anilines is 1. The summed E-state index contributed by atoms with van der Waals surface area (Å²) >= 11 is 0. The van der Waals surface area contributed by atoms with Crippen LogP contribution in [-0.4, -0.2) is 6.04 Å². The van der Waals surface area contributed by atoms with Crippen LogP contribution in [0.2, 0.25) is 0 Å². The first-order valence-electron chi connectivity index (χ1n) is 4.35. The summed E-state index contributed by atoms with van der Waals surface area (Å²) in [5, 5.41) is 2.74. The fourth-order valence-corrected chi connectivity index (χ4v) is 1.06. The van der Waals surface area contributed by atoms with Crippen molar-refractivity contribution in [3.05, 3.63) is 29.8 Å². The Bertz CT molecular complexity index is 355. The molecule has 0 aliphatic heterocycles. The number of nitrogens with one attached hydrogen (secondary N) is 1. The van der Waals surface area contributed by atoms with Crippen molar-refractivity contribution in [2.45, 2.75) is 19.4 Å². The molecule has 0 heterocycles. The summed E-state index contributed by atoms with van der Waals surface area (Å²) in [5.74, 6) is 0.686. The zero-order valence-corrected chi connectivity index (χ0v) is 7.85. The van der Waals surface area contributed by atoms with Crippen LogP contribution < -0.4 is 5.32 Å². The van der Waals surface area contributed by atoms with Crippen LogP contribution >= 0.6 is 0 Å². The molecule has 3 heteroatoms. The van der Waals surface area contributed by atoms with E-state index in [1.54, 1.807) is 0 Å². The van der Waals surface area contributed by atoms with Crippen LogP contribution in [0.3, 0.4) is 0 Å². The van der Waals surface area contributed by atoms with Gasteiger partial charge in [0, 0.05) is 0 Å². The predicted molar refractivity (Wildman–Crippen MR) is 52.9 cm³/mol. The summed E-state index contributed by atoms with van der Waals surface area (Å²) < 4.78 is 25.9. The second-order valence-electron chi connectivity index (χ2n) is 2.87. The van der Waals surface area contributed by atoms with E-state index < -0.39 is 11.6 Å². The molecular weight excluding hydrogens is 184 g/mol. The Labute approximate surface area is 82.1 Å². The van der Waals surface area contributed by atoms with Gasteiger partial charge in [-0.3, -0.25) is 0 Å². The minimum atomic E-state index is -0.888. The van der Waals surface area contributed by atoms with E-state index in [4.69, 9.17) is 6.42 Å². The first-order chi connectivity index (χ1) is 6.69. The third-order valence-electron chi connectivity index (χ3n) is 1.89. The van der Waals surface area contributed by atoms with Gasteiger partial charge in [-0.15, -0.1) is 6.42 Å². The average molecular weight is 195 g/mol. The van der Waals surface area contributed by atoms with Gasteiger partial charge in [-0.2, -0.15) is 0 Å². The summed E-state index contributed by atoms with van der Waals surface area (Å²) in [5.41, 5.74) is 0.106. The number of hydrogen-bond acceptors (Lipinski definition) is 1. The van der Waals surface area contributed by atoms with Crippen LogP contribution in [0.5, 0.6) is 0 Å². The van der Waals surface area contributed by atoms with Crippen LogP contribution in [0.25, 0.3) is 0 Å². The number of rotatable bonds is 3.